The van der Waals surface area contributed by atoms with E-state index in [0.29, 0.717) is 41.3 Å². The van der Waals surface area contributed by atoms with E-state index in [1.54, 1.807) is 50.8 Å². The Bertz CT molecular complexity index is 977. The van der Waals surface area contributed by atoms with Crippen LogP contribution >= 0.6 is 0 Å². The summed E-state index contributed by atoms with van der Waals surface area (Å²) in [5.41, 5.74) is 0.591. The lowest BCUT2D eigenvalue weighted by molar-refractivity contribution is -0.117. The fraction of sp³-hybridized carbons (Fsp3) is 0.381. The molecule has 0 radical (unpaired) electrons. The van der Waals surface area contributed by atoms with Crippen LogP contribution in [0.2, 0.25) is 0 Å². The highest BCUT2D eigenvalue weighted by atomic mass is 16.5. The monoisotopic (exact) mass is 412 g/mol. The van der Waals surface area contributed by atoms with Gasteiger partial charge in [-0.15, -0.1) is 10.2 Å². The van der Waals surface area contributed by atoms with Crippen molar-refractivity contribution >= 4 is 11.6 Å². The molecule has 1 N–H and O–H groups in total. The van der Waals surface area contributed by atoms with E-state index in [9.17, 15) is 4.79 Å². The molecular weight excluding hydrogens is 388 g/mol. The summed E-state index contributed by atoms with van der Waals surface area (Å²) in [6.45, 7) is 1.84. The minimum atomic E-state index is -0.0992. The van der Waals surface area contributed by atoms with Crippen LogP contribution in [0.4, 0.5) is 5.69 Å². The Hall–Kier alpha value is -3.33. The number of methoxy groups -OCH3 is 2. The maximum Gasteiger partial charge on any atom is 0.283 e. The molecule has 1 saturated heterocycles. The van der Waals surface area contributed by atoms with Crippen LogP contribution in [0.5, 0.6) is 11.5 Å². The number of benzene rings is 1. The van der Waals surface area contributed by atoms with Crippen molar-refractivity contribution in [2.75, 3.05) is 39.2 Å². The molecule has 9 heteroatoms. The molecule has 0 atom stereocenters. The number of nitrogens with one attached hydrogen (secondary N) is 1. The van der Waals surface area contributed by atoms with Crippen LogP contribution in [-0.2, 0) is 4.79 Å². The Morgan fingerprint density at radius 1 is 1.20 bits per heavy atom. The highest BCUT2D eigenvalue weighted by Crippen LogP contribution is 2.30. The summed E-state index contributed by atoms with van der Waals surface area (Å²) in [6.07, 6.45) is 3.26. The third kappa shape index (κ3) is 4.46. The highest BCUT2D eigenvalue weighted by Gasteiger charge is 2.26. The molecule has 30 heavy (non-hydrogen) atoms. The number of carbonyl (C=O) groups is 1. The van der Waals surface area contributed by atoms with Gasteiger partial charge in [0, 0.05) is 12.0 Å². The van der Waals surface area contributed by atoms with Gasteiger partial charge in [0.2, 0.25) is 11.8 Å². The molecule has 9 nitrogen and oxygen atoms in total. The lowest BCUT2D eigenvalue weighted by Gasteiger charge is -2.29. The zero-order valence-electron chi connectivity index (χ0n) is 17.0. The van der Waals surface area contributed by atoms with Crippen molar-refractivity contribution in [3.05, 3.63) is 42.5 Å². The van der Waals surface area contributed by atoms with Gasteiger partial charge in [-0.2, -0.15) is 0 Å². The fourth-order valence-electron chi connectivity index (χ4n) is 3.54. The van der Waals surface area contributed by atoms with Gasteiger partial charge in [-0.1, -0.05) is 0 Å². The molecule has 3 aromatic rings. The van der Waals surface area contributed by atoms with Gasteiger partial charge in [0.05, 0.1) is 32.7 Å². The number of hydrogen-bond acceptors (Lipinski definition) is 8. The summed E-state index contributed by atoms with van der Waals surface area (Å²) in [5, 5.41) is 11.1. The standard InChI is InChI=1S/C21H24N4O5/c1-27-15-5-6-17(28-2)16(12-15)22-19(26)13-25-9-7-14(8-10-25)20-23-24-21(30-20)18-4-3-11-29-18/h3-6,11-12,14H,7-10,13H2,1-2H3,(H,22,26). The number of nitrogens with zero attached hydrogens (tertiary/aromatic N) is 3. The molecule has 1 aliphatic heterocycles. The second-order valence-corrected chi connectivity index (χ2v) is 7.09. The number of rotatable bonds is 7. The third-order valence-corrected chi connectivity index (χ3v) is 5.16. The Labute approximate surface area is 174 Å². The van der Waals surface area contributed by atoms with E-state index in [2.05, 4.69) is 20.4 Å². The summed E-state index contributed by atoms with van der Waals surface area (Å²) in [6, 6.07) is 8.87. The summed E-state index contributed by atoms with van der Waals surface area (Å²) < 4.78 is 21.6. The van der Waals surface area contributed by atoms with Gasteiger partial charge >= 0.3 is 0 Å². The SMILES string of the molecule is COc1ccc(OC)c(NC(=O)CN2CCC(c3nnc(-c4ccco4)o3)CC2)c1. The average molecular weight is 412 g/mol. The molecule has 2 aromatic heterocycles. The van der Waals surface area contributed by atoms with E-state index in [-0.39, 0.29) is 11.8 Å². The van der Waals surface area contributed by atoms with E-state index in [0.717, 1.165) is 25.9 Å². The number of ether oxygens (including phenoxy) is 2. The molecule has 4 rings (SSSR count). The first-order valence-corrected chi connectivity index (χ1v) is 9.77. The molecule has 158 valence electrons. The number of aromatic nitrogens is 2. The van der Waals surface area contributed by atoms with Crippen molar-refractivity contribution < 1.29 is 23.1 Å². The molecule has 3 heterocycles. The molecular formula is C21H24N4O5. The Morgan fingerprint density at radius 3 is 2.73 bits per heavy atom. The van der Waals surface area contributed by atoms with Gasteiger partial charge in [-0.25, -0.2) is 0 Å². The predicted octanol–water partition coefficient (Wildman–Crippen LogP) is 3.16. The van der Waals surface area contributed by atoms with Crippen molar-refractivity contribution in [2.24, 2.45) is 0 Å². The van der Waals surface area contributed by atoms with Gasteiger partial charge in [0.15, 0.2) is 5.76 Å². The molecule has 1 aliphatic rings. The number of carbonyl (C=O) groups excluding carboxylic acids is 1. The smallest absolute Gasteiger partial charge is 0.283 e. The van der Waals surface area contributed by atoms with Crippen LogP contribution in [0.15, 0.2) is 45.4 Å². The summed E-state index contributed by atoms with van der Waals surface area (Å²) >= 11 is 0. The number of likely N-dealkylation sites (tertiary alicyclic amines) is 1. The van der Waals surface area contributed by atoms with Crippen molar-refractivity contribution in [1.82, 2.24) is 15.1 Å². The molecule has 0 spiro atoms. The van der Waals surface area contributed by atoms with Crippen LogP contribution < -0.4 is 14.8 Å². The van der Waals surface area contributed by atoms with Gasteiger partial charge < -0.3 is 23.6 Å². The largest absolute Gasteiger partial charge is 0.497 e. The van der Waals surface area contributed by atoms with E-state index in [1.165, 1.54) is 0 Å². The third-order valence-electron chi connectivity index (χ3n) is 5.16. The van der Waals surface area contributed by atoms with Crippen LogP contribution in [0, 0.1) is 0 Å². The number of amides is 1. The first kappa shape index (κ1) is 20.0. The minimum absolute atomic E-state index is 0.0992. The van der Waals surface area contributed by atoms with Crippen LogP contribution in [-0.4, -0.2) is 54.9 Å². The van der Waals surface area contributed by atoms with Gasteiger partial charge in [0.1, 0.15) is 11.5 Å². The van der Waals surface area contributed by atoms with Crippen LogP contribution in [0.25, 0.3) is 11.7 Å². The molecule has 0 saturated carbocycles. The Balaban J connectivity index is 1.30. The van der Waals surface area contributed by atoms with E-state index in [4.69, 9.17) is 18.3 Å². The van der Waals surface area contributed by atoms with E-state index >= 15 is 0 Å². The van der Waals surface area contributed by atoms with Gasteiger partial charge in [-0.3, -0.25) is 9.69 Å². The van der Waals surface area contributed by atoms with E-state index in [1.807, 2.05) is 0 Å². The summed E-state index contributed by atoms with van der Waals surface area (Å²) in [7, 11) is 3.15. The summed E-state index contributed by atoms with van der Waals surface area (Å²) in [5.74, 6) is 2.90. The Kier molecular flexibility index (Phi) is 5.99. The number of furan rings is 1. The first-order chi connectivity index (χ1) is 14.7. The average Bonchev–Trinajstić information content (AvgIpc) is 3.46. The lowest BCUT2D eigenvalue weighted by atomic mass is 9.97. The molecule has 1 aromatic carbocycles. The predicted molar refractivity (Wildman–Crippen MR) is 109 cm³/mol. The molecule has 0 aliphatic carbocycles. The second kappa shape index (κ2) is 9.00. The van der Waals surface area contributed by atoms with Crippen molar-refractivity contribution in [2.45, 2.75) is 18.8 Å². The lowest BCUT2D eigenvalue weighted by Crippen LogP contribution is -2.38. The number of piperidine rings is 1. The van der Waals surface area contributed by atoms with Gasteiger partial charge in [-0.05, 0) is 50.2 Å². The normalized spacial score (nSPS) is 15.1. The first-order valence-electron chi connectivity index (χ1n) is 9.77. The number of anilines is 1. The molecule has 0 bridgehead atoms. The summed E-state index contributed by atoms with van der Waals surface area (Å²) in [4.78, 5) is 14.6. The van der Waals surface area contributed by atoms with Crippen LogP contribution in [0.3, 0.4) is 0 Å². The quantitative estimate of drug-likeness (QED) is 0.631. The van der Waals surface area contributed by atoms with Crippen molar-refractivity contribution in [3.8, 4) is 23.1 Å². The Morgan fingerprint density at radius 2 is 2.03 bits per heavy atom. The van der Waals surface area contributed by atoms with Crippen molar-refractivity contribution in [1.29, 1.82) is 0 Å². The zero-order chi connectivity index (χ0) is 20.9. The maximum atomic E-state index is 12.5. The molecule has 0 unspecified atom stereocenters. The van der Waals surface area contributed by atoms with E-state index < -0.39 is 0 Å². The topological polar surface area (TPSA) is 103 Å². The van der Waals surface area contributed by atoms with Crippen molar-refractivity contribution in [3.63, 3.8) is 0 Å². The molecule has 1 amide bonds. The maximum absolute atomic E-state index is 12.5. The highest BCUT2D eigenvalue weighted by molar-refractivity contribution is 5.94. The minimum Gasteiger partial charge on any atom is -0.497 e. The molecule has 1 fully saturated rings. The zero-order valence-corrected chi connectivity index (χ0v) is 17.0. The second-order valence-electron chi connectivity index (χ2n) is 7.09. The van der Waals surface area contributed by atoms with Gasteiger partial charge in [0.25, 0.3) is 5.89 Å². The fourth-order valence-corrected chi connectivity index (χ4v) is 3.54. The number of hydrogen-bond donors (Lipinski definition) is 1. The van der Waals surface area contributed by atoms with Crippen LogP contribution in [0.1, 0.15) is 24.7 Å².